The molecule has 0 aliphatic carbocycles. The second-order valence-corrected chi connectivity index (χ2v) is 6.65. The number of carbonyl (C=O) groups is 2. The minimum absolute atomic E-state index is 0.0392. The van der Waals surface area contributed by atoms with E-state index in [2.05, 4.69) is 5.32 Å². The number of urea groups is 1. The van der Waals surface area contributed by atoms with E-state index in [1.54, 1.807) is 0 Å². The molecule has 0 aromatic heterocycles. The molecule has 3 amide bonds. The Hall–Kier alpha value is -3.51. The molecular weight excluding hydrogens is 451 g/mol. The third kappa shape index (κ3) is 4.70. The van der Waals surface area contributed by atoms with Crippen LogP contribution in [0.15, 0.2) is 36.4 Å². The first-order valence-electron chi connectivity index (χ1n) is 8.88. The van der Waals surface area contributed by atoms with E-state index in [1.165, 1.54) is 0 Å². The summed E-state index contributed by atoms with van der Waals surface area (Å²) in [5.41, 5.74) is -4.39. The van der Waals surface area contributed by atoms with Crippen molar-refractivity contribution in [1.29, 1.82) is 0 Å². The maximum atomic E-state index is 13.7. The first-order valence-corrected chi connectivity index (χ1v) is 8.88. The molecule has 172 valence electrons. The topological polar surface area (TPSA) is 61.9 Å². The van der Waals surface area contributed by atoms with Crippen molar-refractivity contribution in [2.75, 3.05) is 29.9 Å². The van der Waals surface area contributed by atoms with Gasteiger partial charge in [0.25, 0.3) is 0 Å². The Morgan fingerprint density at radius 3 is 2.19 bits per heavy atom. The highest BCUT2D eigenvalue weighted by molar-refractivity contribution is 5.97. The number of nitrogens with zero attached hydrogens (tertiary/aromatic N) is 2. The van der Waals surface area contributed by atoms with Crippen LogP contribution in [0.3, 0.4) is 0 Å². The smallest absolute Gasteiger partial charge is 0.407 e. The second-order valence-electron chi connectivity index (χ2n) is 6.65. The van der Waals surface area contributed by atoms with Crippen molar-refractivity contribution in [3.05, 3.63) is 53.3 Å². The number of nitrogens with one attached hydrogen (secondary N) is 1. The lowest BCUT2D eigenvalue weighted by molar-refractivity contribution is -0.143. The van der Waals surface area contributed by atoms with E-state index in [0.717, 1.165) is 36.2 Å². The number of amides is 3. The molecule has 3 rings (SSSR count). The zero-order valence-corrected chi connectivity index (χ0v) is 16.1. The molecule has 32 heavy (non-hydrogen) atoms. The lowest BCUT2D eigenvalue weighted by Crippen LogP contribution is -2.33. The summed E-state index contributed by atoms with van der Waals surface area (Å²) in [5, 5.41) is 2.26. The van der Waals surface area contributed by atoms with Crippen LogP contribution in [-0.4, -0.2) is 32.3 Å². The summed E-state index contributed by atoms with van der Waals surface area (Å²) in [6, 6.07) is 3.41. The fraction of sp³-hybridized carbons (Fsp3) is 0.263. The summed E-state index contributed by atoms with van der Waals surface area (Å²) >= 11 is 0. The summed E-state index contributed by atoms with van der Waals surface area (Å²) in [7, 11) is 1.11. The molecule has 0 atom stereocenters. The largest absolute Gasteiger partial charge is 0.420 e. The van der Waals surface area contributed by atoms with Crippen LogP contribution in [0.5, 0.6) is 5.75 Å². The molecule has 6 nitrogen and oxygen atoms in total. The Bertz CT molecular complexity index is 1040. The zero-order chi connectivity index (χ0) is 23.8. The first kappa shape index (κ1) is 23.2. The number of alkyl halides is 6. The van der Waals surface area contributed by atoms with Crippen molar-refractivity contribution in [3.8, 4) is 5.75 Å². The number of carbonyl (C=O) groups excluding carboxylic acids is 2. The Morgan fingerprint density at radius 2 is 1.69 bits per heavy atom. The van der Waals surface area contributed by atoms with Gasteiger partial charge in [0.05, 0.1) is 11.3 Å². The predicted molar refractivity (Wildman–Crippen MR) is 98.0 cm³/mol. The van der Waals surface area contributed by atoms with Crippen LogP contribution in [0.4, 0.5) is 51.7 Å². The van der Waals surface area contributed by atoms with E-state index in [4.69, 9.17) is 4.74 Å². The molecule has 2 aromatic carbocycles. The van der Waals surface area contributed by atoms with Crippen LogP contribution in [0.25, 0.3) is 0 Å². The van der Waals surface area contributed by atoms with Gasteiger partial charge < -0.3 is 10.1 Å². The molecule has 1 N–H and O–H groups in total. The second kappa shape index (κ2) is 8.20. The lowest BCUT2D eigenvalue weighted by atomic mass is 10.1. The molecule has 0 saturated carbocycles. The minimum Gasteiger partial charge on any atom is -0.407 e. The summed E-state index contributed by atoms with van der Waals surface area (Å²) in [6.07, 6.45) is -11.9. The summed E-state index contributed by atoms with van der Waals surface area (Å²) in [5.74, 6) is -1.90. The number of hydrogen-bond acceptors (Lipinski definition) is 3. The highest BCUT2D eigenvalue weighted by Crippen LogP contribution is 2.46. The van der Waals surface area contributed by atoms with Gasteiger partial charge in [0.1, 0.15) is 11.4 Å². The van der Waals surface area contributed by atoms with Gasteiger partial charge in [-0.2, -0.15) is 26.3 Å². The van der Waals surface area contributed by atoms with Gasteiger partial charge in [0.15, 0.2) is 5.75 Å². The maximum absolute atomic E-state index is 13.7. The molecule has 1 saturated heterocycles. The predicted octanol–water partition coefficient (Wildman–Crippen LogP) is 5.03. The van der Waals surface area contributed by atoms with Gasteiger partial charge in [-0.05, 0) is 36.4 Å². The van der Waals surface area contributed by atoms with Gasteiger partial charge in [-0.15, -0.1) is 0 Å². The van der Waals surface area contributed by atoms with Gasteiger partial charge in [-0.3, -0.25) is 9.80 Å². The van der Waals surface area contributed by atoms with E-state index >= 15 is 0 Å². The third-order valence-corrected chi connectivity index (χ3v) is 4.53. The number of hydrogen-bond donors (Lipinski definition) is 1. The Balaban J connectivity index is 2.12. The maximum Gasteiger partial charge on any atom is 0.420 e. The number of benzene rings is 2. The Kier molecular flexibility index (Phi) is 5.94. The quantitative estimate of drug-likeness (QED) is 0.648. The van der Waals surface area contributed by atoms with Crippen molar-refractivity contribution in [2.24, 2.45) is 0 Å². The molecular formula is C19H14F7N3O3. The van der Waals surface area contributed by atoms with Gasteiger partial charge in [0, 0.05) is 25.8 Å². The molecule has 13 heteroatoms. The number of rotatable bonds is 3. The van der Waals surface area contributed by atoms with E-state index in [9.17, 15) is 40.3 Å². The first-order chi connectivity index (χ1) is 14.8. The Labute approximate surface area is 176 Å². The third-order valence-electron chi connectivity index (χ3n) is 4.53. The highest BCUT2D eigenvalue weighted by atomic mass is 19.4. The van der Waals surface area contributed by atoms with E-state index < -0.39 is 52.9 Å². The van der Waals surface area contributed by atoms with Crippen LogP contribution in [0.1, 0.15) is 11.1 Å². The summed E-state index contributed by atoms with van der Waals surface area (Å²) < 4.78 is 98.7. The fourth-order valence-electron chi connectivity index (χ4n) is 2.92. The monoisotopic (exact) mass is 465 g/mol. The molecule has 0 spiro atoms. The van der Waals surface area contributed by atoms with Gasteiger partial charge in [-0.1, -0.05) is 0 Å². The van der Waals surface area contributed by atoms with Crippen LogP contribution in [0.2, 0.25) is 0 Å². The van der Waals surface area contributed by atoms with Crippen molar-refractivity contribution < 1.29 is 45.1 Å². The highest BCUT2D eigenvalue weighted by Gasteiger charge is 2.43. The van der Waals surface area contributed by atoms with Crippen molar-refractivity contribution in [3.63, 3.8) is 0 Å². The minimum atomic E-state index is -5.35. The normalized spacial score (nSPS) is 14.4. The van der Waals surface area contributed by atoms with E-state index in [0.29, 0.717) is 11.0 Å². The van der Waals surface area contributed by atoms with Crippen LogP contribution in [-0.2, 0) is 12.4 Å². The molecule has 1 aliphatic heterocycles. The van der Waals surface area contributed by atoms with E-state index in [-0.39, 0.29) is 24.8 Å². The molecule has 0 unspecified atom stereocenters. The molecule has 2 aromatic rings. The van der Waals surface area contributed by atoms with Crippen molar-refractivity contribution in [1.82, 2.24) is 5.32 Å². The number of anilines is 2. The van der Waals surface area contributed by atoms with Crippen molar-refractivity contribution >= 4 is 23.5 Å². The van der Waals surface area contributed by atoms with Gasteiger partial charge >= 0.3 is 24.5 Å². The van der Waals surface area contributed by atoms with Gasteiger partial charge in [0.2, 0.25) is 0 Å². The lowest BCUT2D eigenvalue weighted by Gasteiger charge is -2.25. The average Bonchev–Trinajstić information content (AvgIpc) is 3.12. The molecule has 1 aliphatic rings. The number of halogens is 7. The van der Waals surface area contributed by atoms with Crippen LogP contribution >= 0.6 is 0 Å². The number of ether oxygens (including phenoxy) is 1. The summed E-state index contributed by atoms with van der Waals surface area (Å²) in [6.45, 7) is -0.297. The summed E-state index contributed by atoms with van der Waals surface area (Å²) in [4.78, 5) is 25.8. The molecule has 0 radical (unpaired) electrons. The fourth-order valence-corrected chi connectivity index (χ4v) is 2.92. The average molecular weight is 465 g/mol. The molecule has 1 fully saturated rings. The molecule has 0 bridgehead atoms. The van der Waals surface area contributed by atoms with Crippen LogP contribution in [0, 0.1) is 5.82 Å². The van der Waals surface area contributed by atoms with Crippen molar-refractivity contribution in [2.45, 2.75) is 12.4 Å². The van der Waals surface area contributed by atoms with E-state index in [1.807, 2.05) is 0 Å². The standard InChI is InChI=1S/C19H14F7N3O3/c1-28(12-4-2-11(20)3-5-12)17(31)32-15-13(19(24,25)26)8-10(18(21,22)23)9-14(15)29-7-6-27-16(29)30/h2-5,8-9H,6-7H2,1H3,(H,27,30). The SMILES string of the molecule is CN(C(=O)Oc1c(N2CCNC2=O)cc(C(F)(F)F)cc1C(F)(F)F)c1ccc(F)cc1. The van der Waals surface area contributed by atoms with Gasteiger partial charge in [-0.25, -0.2) is 14.0 Å². The molecule has 1 heterocycles. The Morgan fingerprint density at radius 1 is 1.06 bits per heavy atom. The zero-order valence-electron chi connectivity index (χ0n) is 16.1. The van der Waals surface area contributed by atoms with Crippen LogP contribution < -0.4 is 19.9 Å².